The number of dihydropyridines is 1. The van der Waals surface area contributed by atoms with E-state index in [0.29, 0.717) is 0 Å². The number of aryl methyl sites for hydroxylation is 1. The highest BCUT2D eigenvalue weighted by Crippen LogP contribution is 2.29. The molecule has 0 radical (unpaired) electrons. The first-order valence-corrected chi connectivity index (χ1v) is 10.5. The smallest absolute Gasteiger partial charge is 0.159 e. The van der Waals surface area contributed by atoms with Gasteiger partial charge in [0.1, 0.15) is 0 Å². The van der Waals surface area contributed by atoms with E-state index in [0.717, 1.165) is 23.6 Å². The predicted molar refractivity (Wildman–Crippen MR) is 128 cm³/mol. The Bertz CT molecular complexity index is 1250. The van der Waals surface area contributed by atoms with Gasteiger partial charge in [0.25, 0.3) is 0 Å². The molecule has 1 aliphatic rings. The molecule has 0 unspecified atom stereocenters. The Morgan fingerprint density at radius 2 is 1.35 bits per heavy atom. The van der Waals surface area contributed by atoms with Crippen molar-refractivity contribution in [3.63, 3.8) is 0 Å². The van der Waals surface area contributed by atoms with E-state index in [4.69, 9.17) is 0 Å². The molecule has 0 saturated carbocycles. The van der Waals surface area contributed by atoms with Crippen LogP contribution in [0.25, 0.3) is 33.8 Å². The Morgan fingerprint density at radius 1 is 0.645 bits per heavy atom. The van der Waals surface area contributed by atoms with Gasteiger partial charge in [-0.25, -0.2) is 9.97 Å². The summed E-state index contributed by atoms with van der Waals surface area (Å²) >= 11 is 0. The Kier molecular flexibility index (Phi) is 5.16. The van der Waals surface area contributed by atoms with Gasteiger partial charge in [-0.2, -0.15) is 0 Å². The average Bonchev–Trinajstić information content (AvgIpc) is 2.85. The second-order valence-electron chi connectivity index (χ2n) is 7.73. The van der Waals surface area contributed by atoms with Gasteiger partial charge >= 0.3 is 0 Å². The molecule has 3 nitrogen and oxygen atoms in total. The SMILES string of the molecule is Cc1cc(C2=CC=C(c3ccccc3)NC2)cc(-c2ccc(-c3ncccn3)cc2)c1. The van der Waals surface area contributed by atoms with Crippen LogP contribution >= 0.6 is 0 Å². The van der Waals surface area contributed by atoms with Crippen LogP contribution in [0.2, 0.25) is 0 Å². The molecular formula is C28H23N3. The number of hydrogen-bond acceptors (Lipinski definition) is 3. The van der Waals surface area contributed by atoms with E-state index in [2.05, 4.69) is 101 Å². The van der Waals surface area contributed by atoms with Gasteiger partial charge in [0, 0.05) is 30.2 Å². The number of nitrogens with one attached hydrogen (secondary N) is 1. The topological polar surface area (TPSA) is 37.8 Å². The third-order valence-electron chi connectivity index (χ3n) is 5.50. The number of benzene rings is 3. The summed E-state index contributed by atoms with van der Waals surface area (Å²) in [5, 5.41) is 3.57. The summed E-state index contributed by atoms with van der Waals surface area (Å²) in [5.41, 5.74) is 9.60. The summed E-state index contributed by atoms with van der Waals surface area (Å²) in [4.78, 5) is 8.68. The fraction of sp³-hybridized carbons (Fsp3) is 0.0714. The molecule has 0 amide bonds. The molecule has 150 valence electrons. The van der Waals surface area contributed by atoms with E-state index in [1.807, 2.05) is 12.1 Å². The van der Waals surface area contributed by atoms with Crippen LogP contribution in [-0.2, 0) is 0 Å². The van der Waals surface area contributed by atoms with Gasteiger partial charge in [0.15, 0.2) is 5.82 Å². The van der Waals surface area contributed by atoms with Gasteiger partial charge in [-0.05, 0) is 58.5 Å². The minimum atomic E-state index is 0.749. The van der Waals surface area contributed by atoms with Crippen LogP contribution in [0.15, 0.2) is 103 Å². The normalized spacial score (nSPS) is 13.2. The van der Waals surface area contributed by atoms with Crippen LogP contribution in [0.1, 0.15) is 16.7 Å². The predicted octanol–water partition coefficient (Wildman–Crippen LogP) is 6.15. The highest BCUT2D eigenvalue weighted by molar-refractivity contribution is 5.80. The van der Waals surface area contributed by atoms with Crippen LogP contribution in [-0.4, -0.2) is 16.5 Å². The van der Waals surface area contributed by atoms with Crippen LogP contribution in [0.3, 0.4) is 0 Å². The van der Waals surface area contributed by atoms with E-state index in [1.165, 1.54) is 33.4 Å². The van der Waals surface area contributed by atoms with Crippen molar-refractivity contribution in [2.24, 2.45) is 0 Å². The Balaban J connectivity index is 1.44. The van der Waals surface area contributed by atoms with Gasteiger partial charge in [0.2, 0.25) is 0 Å². The monoisotopic (exact) mass is 401 g/mol. The quantitative estimate of drug-likeness (QED) is 0.446. The minimum Gasteiger partial charge on any atom is -0.380 e. The summed E-state index contributed by atoms with van der Waals surface area (Å²) in [7, 11) is 0. The van der Waals surface area contributed by atoms with Crippen LogP contribution in [0.4, 0.5) is 0 Å². The van der Waals surface area contributed by atoms with Crippen molar-refractivity contribution in [1.29, 1.82) is 0 Å². The number of nitrogens with zero attached hydrogens (tertiary/aromatic N) is 2. The molecular weight excluding hydrogens is 378 g/mol. The van der Waals surface area contributed by atoms with E-state index < -0.39 is 0 Å². The Hall–Kier alpha value is -3.98. The largest absolute Gasteiger partial charge is 0.380 e. The molecule has 0 atom stereocenters. The Morgan fingerprint density at radius 3 is 2.06 bits per heavy atom. The molecule has 31 heavy (non-hydrogen) atoms. The fourth-order valence-corrected chi connectivity index (χ4v) is 3.90. The van der Waals surface area contributed by atoms with E-state index in [9.17, 15) is 0 Å². The maximum atomic E-state index is 4.34. The van der Waals surface area contributed by atoms with Gasteiger partial charge in [-0.15, -0.1) is 0 Å². The molecule has 0 fully saturated rings. The summed E-state index contributed by atoms with van der Waals surface area (Å²) in [6.07, 6.45) is 7.94. The molecule has 1 N–H and O–H groups in total. The molecule has 1 aromatic heterocycles. The molecule has 0 saturated heterocycles. The standard InChI is InChI=1S/C28H23N3/c1-20-16-25(21-8-10-23(11-9-21)28-29-14-5-15-30-28)18-26(17-20)24-12-13-27(31-19-24)22-6-3-2-4-7-22/h2-18,31H,19H2,1H3. The number of hydrogen-bond donors (Lipinski definition) is 1. The molecule has 0 aliphatic carbocycles. The van der Waals surface area contributed by atoms with E-state index >= 15 is 0 Å². The van der Waals surface area contributed by atoms with Gasteiger partial charge < -0.3 is 5.32 Å². The lowest BCUT2D eigenvalue weighted by molar-refractivity contribution is 1.01. The first-order chi connectivity index (χ1) is 15.3. The number of rotatable bonds is 4. The molecule has 3 aromatic carbocycles. The van der Waals surface area contributed by atoms with Crippen molar-refractivity contribution in [2.75, 3.05) is 6.54 Å². The molecule has 4 aromatic rings. The average molecular weight is 402 g/mol. The molecule has 0 spiro atoms. The summed E-state index contributed by atoms with van der Waals surface area (Å²) in [5.74, 6) is 0.749. The van der Waals surface area contributed by atoms with Crippen molar-refractivity contribution < 1.29 is 0 Å². The maximum absolute atomic E-state index is 4.34. The third kappa shape index (κ3) is 4.17. The zero-order valence-corrected chi connectivity index (χ0v) is 17.4. The van der Waals surface area contributed by atoms with Crippen LogP contribution < -0.4 is 5.32 Å². The Labute approximate surface area is 182 Å². The first kappa shape index (κ1) is 19.0. The lowest BCUT2D eigenvalue weighted by atomic mass is 9.94. The molecule has 0 bridgehead atoms. The third-order valence-corrected chi connectivity index (χ3v) is 5.50. The first-order valence-electron chi connectivity index (χ1n) is 10.5. The van der Waals surface area contributed by atoms with Crippen molar-refractivity contribution in [2.45, 2.75) is 6.92 Å². The second-order valence-corrected chi connectivity index (χ2v) is 7.73. The van der Waals surface area contributed by atoms with Crippen molar-refractivity contribution in [3.05, 3.63) is 120 Å². The van der Waals surface area contributed by atoms with E-state index in [-0.39, 0.29) is 0 Å². The minimum absolute atomic E-state index is 0.749. The van der Waals surface area contributed by atoms with Crippen molar-refractivity contribution in [3.8, 4) is 22.5 Å². The second kappa shape index (κ2) is 8.41. The maximum Gasteiger partial charge on any atom is 0.159 e. The number of aromatic nitrogens is 2. The van der Waals surface area contributed by atoms with Crippen LogP contribution in [0, 0.1) is 6.92 Å². The van der Waals surface area contributed by atoms with Gasteiger partial charge in [0.05, 0.1) is 0 Å². The highest BCUT2D eigenvalue weighted by Gasteiger charge is 2.11. The van der Waals surface area contributed by atoms with Crippen molar-refractivity contribution >= 4 is 11.3 Å². The van der Waals surface area contributed by atoms with Gasteiger partial charge in [-0.1, -0.05) is 72.8 Å². The molecule has 2 heterocycles. The number of allylic oxidation sites excluding steroid dienone is 2. The fourth-order valence-electron chi connectivity index (χ4n) is 3.90. The summed E-state index contributed by atoms with van der Waals surface area (Å²) in [6.45, 7) is 2.97. The van der Waals surface area contributed by atoms with Gasteiger partial charge in [-0.3, -0.25) is 0 Å². The zero-order chi connectivity index (χ0) is 21.0. The molecule has 5 rings (SSSR count). The lowest BCUT2D eigenvalue weighted by Gasteiger charge is -2.19. The van der Waals surface area contributed by atoms with E-state index in [1.54, 1.807) is 12.4 Å². The molecule has 3 heteroatoms. The summed E-state index contributed by atoms with van der Waals surface area (Å²) in [6, 6.07) is 27.5. The molecule has 1 aliphatic heterocycles. The highest BCUT2D eigenvalue weighted by atomic mass is 14.9. The zero-order valence-electron chi connectivity index (χ0n) is 17.4. The van der Waals surface area contributed by atoms with Crippen molar-refractivity contribution in [1.82, 2.24) is 15.3 Å². The lowest BCUT2D eigenvalue weighted by Crippen LogP contribution is -2.18. The summed E-state index contributed by atoms with van der Waals surface area (Å²) < 4.78 is 0. The van der Waals surface area contributed by atoms with Crippen LogP contribution in [0.5, 0.6) is 0 Å².